The van der Waals surface area contributed by atoms with Crippen LogP contribution in [0.5, 0.6) is 0 Å². The lowest BCUT2D eigenvalue weighted by Gasteiger charge is -1.94. The Bertz CT molecular complexity index is 222. The maximum atomic E-state index is 5.68. The van der Waals surface area contributed by atoms with Gasteiger partial charge in [0.25, 0.3) is 0 Å². The van der Waals surface area contributed by atoms with Crippen molar-refractivity contribution in [2.24, 2.45) is 0 Å². The second-order valence-electron chi connectivity index (χ2n) is 1.92. The van der Waals surface area contributed by atoms with Crippen LogP contribution in [-0.4, -0.2) is 7.85 Å². The van der Waals surface area contributed by atoms with E-state index >= 15 is 0 Å². The van der Waals surface area contributed by atoms with Crippen LogP contribution in [0.3, 0.4) is 0 Å². The van der Waals surface area contributed by atoms with E-state index < -0.39 is 0 Å². The lowest BCUT2D eigenvalue weighted by Crippen LogP contribution is -1.99. The van der Waals surface area contributed by atoms with Crippen molar-refractivity contribution in [1.29, 1.82) is 0 Å². The Hall–Kier alpha value is -0.135. The van der Waals surface area contributed by atoms with Crippen LogP contribution in [0.1, 0.15) is 0 Å². The van der Waals surface area contributed by atoms with Gasteiger partial charge < -0.3 is 0 Å². The van der Waals surface area contributed by atoms with Crippen LogP contribution in [0, 0.1) is 0 Å². The predicted molar refractivity (Wildman–Crippen MR) is 44.6 cm³/mol. The molecule has 0 nitrogen and oxygen atoms in total. The summed E-state index contributed by atoms with van der Waals surface area (Å²) in [6.07, 6.45) is 0. The van der Waals surface area contributed by atoms with Gasteiger partial charge in [-0.15, -0.1) is 0 Å². The summed E-state index contributed by atoms with van der Waals surface area (Å²) in [6.45, 7) is 0. The second-order valence-corrected chi connectivity index (χ2v) is 2.73. The van der Waals surface area contributed by atoms with Gasteiger partial charge in [0.1, 0.15) is 7.85 Å². The molecular formula is C6H5BCl2. The first kappa shape index (κ1) is 6.98. The molecule has 0 N–H and O–H groups in total. The van der Waals surface area contributed by atoms with Crippen molar-refractivity contribution in [1.82, 2.24) is 0 Å². The summed E-state index contributed by atoms with van der Waals surface area (Å²) in [7, 11) is 1.97. The maximum absolute atomic E-state index is 5.68. The number of hydrogen-bond donors (Lipinski definition) is 0. The topological polar surface area (TPSA) is 0 Å². The summed E-state index contributed by atoms with van der Waals surface area (Å²) in [5.41, 5.74) is 1.13. The molecule has 0 aromatic heterocycles. The summed E-state index contributed by atoms with van der Waals surface area (Å²) >= 11 is 11.3. The first-order valence-corrected chi connectivity index (χ1v) is 3.37. The highest BCUT2D eigenvalue weighted by molar-refractivity contribution is 6.43. The average Bonchev–Trinajstić information content (AvgIpc) is 1.80. The molecular weight excluding hydrogens is 154 g/mol. The SMILES string of the molecule is Bc1ccc(Cl)c(Cl)c1. The van der Waals surface area contributed by atoms with Crippen molar-refractivity contribution in [2.45, 2.75) is 0 Å². The molecule has 0 fully saturated rings. The minimum Gasteiger partial charge on any atom is -0.0874 e. The molecule has 9 heavy (non-hydrogen) atoms. The van der Waals surface area contributed by atoms with Crippen LogP contribution in [0.25, 0.3) is 0 Å². The lowest BCUT2D eigenvalue weighted by atomic mass is 9.97. The van der Waals surface area contributed by atoms with E-state index in [-0.39, 0.29) is 0 Å². The van der Waals surface area contributed by atoms with Crippen LogP contribution < -0.4 is 5.46 Å². The Balaban J connectivity index is 3.17. The molecule has 1 aromatic rings. The smallest absolute Gasteiger partial charge is 0.0874 e. The van der Waals surface area contributed by atoms with Gasteiger partial charge in [0.15, 0.2) is 0 Å². The highest BCUT2D eigenvalue weighted by atomic mass is 35.5. The standard InChI is InChI=1S/C6H5BCl2/c7-4-1-2-5(8)6(9)3-4/h1-3H,7H2. The zero-order valence-electron chi connectivity index (χ0n) is 4.99. The average molecular weight is 159 g/mol. The quantitative estimate of drug-likeness (QED) is 0.499. The van der Waals surface area contributed by atoms with Crippen LogP contribution >= 0.6 is 23.2 Å². The van der Waals surface area contributed by atoms with Crippen LogP contribution in [0.2, 0.25) is 10.0 Å². The van der Waals surface area contributed by atoms with E-state index in [1.54, 1.807) is 6.07 Å². The van der Waals surface area contributed by atoms with E-state index in [4.69, 9.17) is 23.2 Å². The van der Waals surface area contributed by atoms with E-state index in [1.165, 1.54) is 0 Å². The van der Waals surface area contributed by atoms with Gasteiger partial charge in [-0.05, 0) is 12.1 Å². The number of benzene rings is 1. The van der Waals surface area contributed by atoms with Gasteiger partial charge in [-0.2, -0.15) is 0 Å². The fourth-order valence-electron chi connectivity index (χ4n) is 0.601. The molecule has 1 rings (SSSR count). The monoisotopic (exact) mass is 158 g/mol. The molecule has 0 heterocycles. The second kappa shape index (κ2) is 2.63. The zero-order chi connectivity index (χ0) is 6.85. The molecule has 1 aromatic carbocycles. The fraction of sp³-hybridized carbons (Fsp3) is 0. The van der Waals surface area contributed by atoms with Gasteiger partial charge in [0, 0.05) is 0 Å². The molecule has 0 saturated heterocycles. The summed E-state index contributed by atoms with van der Waals surface area (Å²) in [5.74, 6) is 0. The summed E-state index contributed by atoms with van der Waals surface area (Å²) < 4.78 is 0. The first-order valence-electron chi connectivity index (χ1n) is 2.62. The number of halogens is 2. The molecule has 0 saturated carbocycles. The Morgan fingerprint density at radius 1 is 1.11 bits per heavy atom. The number of hydrogen-bond acceptors (Lipinski definition) is 0. The third-order valence-corrected chi connectivity index (χ3v) is 1.81. The van der Waals surface area contributed by atoms with Crippen molar-refractivity contribution in [2.75, 3.05) is 0 Å². The Labute approximate surface area is 65.2 Å². The third kappa shape index (κ3) is 1.63. The van der Waals surface area contributed by atoms with Crippen molar-refractivity contribution >= 4 is 36.5 Å². The molecule has 0 atom stereocenters. The van der Waals surface area contributed by atoms with Gasteiger partial charge in [0.2, 0.25) is 0 Å². The summed E-state index contributed by atoms with van der Waals surface area (Å²) in [4.78, 5) is 0. The van der Waals surface area contributed by atoms with Crippen molar-refractivity contribution < 1.29 is 0 Å². The first-order chi connectivity index (χ1) is 4.20. The maximum Gasteiger partial charge on any atom is 0.139 e. The molecule has 3 heteroatoms. The molecule has 0 radical (unpaired) electrons. The van der Waals surface area contributed by atoms with E-state index in [2.05, 4.69) is 0 Å². The van der Waals surface area contributed by atoms with Crippen molar-refractivity contribution in [3.05, 3.63) is 28.2 Å². The molecule has 0 amide bonds. The van der Waals surface area contributed by atoms with E-state index in [0.29, 0.717) is 10.0 Å². The Morgan fingerprint density at radius 2 is 1.78 bits per heavy atom. The Kier molecular flexibility index (Phi) is 2.04. The molecule has 0 bridgehead atoms. The van der Waals surface area contributed by atoms with Gasteiger partial charge in [0.05, 0.1) is 10.0 Å². The van der Waals surface area contributed by atoms with Crippen molar-refractivity contribution in [3.8, 4) is 0 Å². The summed E-state index contributed by atoms with van der Waals surface area (Å²) in [5, 5.41) is 1.24. The van der Waals surface area contributed by atoms with E-state index in [0.717, 1.165) is 5.46 Å². The van der Waals surface area contributed by atoms with Gasteiger partial charge >= 0.3 is 0 Å². The van der Waals surface area contributed by atoms with Crippen LogP contribution in [0.15, 0.2) is 18.2 Å². The van der Waals surface area contributed by atoms with E-state index in [1.807, 2.05) is 20.0 Å². The minimum absolute atomic E-state index is 0.613. The molecule has 46 valence electrons. The van der Waals surface area contributed by atoms with Gasteiger partial charge in [-0.3, -0.25) is 0 Å². The highest BCUT2D eigenvalue weighted by Gasteiger charge is 1.93. The van der Waals surface area contributed by atoms with Gasteiger partial charge in [-0.25, -0.2) is 0 Å². The molecule has 0 aliphatic rings. The van der Waals surface area contributed by atoms with Crippen LogP contribution in [-0.2, 0) is 0 Å². The lowest BCUT2D eigenvalue weighted by molar-refractivity contribution is 1.76. The minimum atomic E-state index is 0.613. The highest BCUT2D eigenvalue weighted by Crippen LogP contribution is 2.18. The molecule has 0 aliphatic heterocycles. The fourth-order valence-corrected chi connectivity index (χ4v) is 0.954. The number of rotatable bonds is 0. The molecule has 0 aliphatic carbocycles. The largest absolute Gasteiger partial charge is 0.139 e. The third-order valence-electron chi connectivity index (χ3n) is 1.08. The van der Waals surface area contributed by atoms with Gasteiger partial charge in [-0.1, -0.05) is 34.7 Å². The Morgan fingerprint density at radius 3 is 2.22 bits per heavy atom. The van der Waals surface area contributed by atoms with Crippen LogP contribution in [0.4, 0.5) is 0 Å². The zero-order valence-corrected chi connectivity index (χ0v) is 6.50. The normalized spacial score (nSPS) is 9.56. The summed E-state index contributed by atoms with van der Waals surface area (Å²) in [6, 6.07) is 5.55. The molecule has 0 spiro atoms. The van der Waals surface area contributed by atoms with Crippen molar-refractivity contribution in [3.63, 3.8) is 0 Å². The molecule has 0 unspecified atom stereocenters. The predicted octanol–water partition coefficient (Wildman–Crippen LogP) is 1.25. The van der Waals surface area contributed by atoms with E-state index in [9.17, 15) is 0 Å².